The smallest absolute Gasteiger partial charge is 0.161 e. The first-order valence-electron chi connectivity index (χ1n) is 5.32. The van der Waals surface area contributed by atoms with Crippen molar-refractivity contribution in [2.45, 2.75) is 13.5 Å². The number of pyridine rings is 1. The van der Waals surface area contributed by atoms with Crippen LogP contribution in [0, 0.1) is 6.92 Å². The Morgan fingerprint density at radius 3 is 2.41 bits per heavy atom. The normalized spacial score (nSPS) is 10.6. The molecule has 1 heterocycles. The highest BCUT2D eigenvalue weighted by atomic mass is 16.5. The van der Waals surface area contributed by atoms with Gasteiger partial charge in [-0.1, -0.05) is 0 Å². The van der Waals surface area contributed by atoms with Crippen LogP contribution in [0.4, 0.5) is 0 Å². The molecule has 0 unspecified atom stereocenters. The molecule has 4 nitrogen and oxygen atoms in total. The summed E-state index contributed by atoms with van der Waals surface area (Å²) in [5, 5.41) is 11.3. The van der Waals surface area contributed by atoms with Crippen LogP contribution in [0.1, 0.15) is 11.3 Å². The average molecular weight is 233 g/mol. The predicted octanol–water partition coefficient (Wildman–Crippen LogP) is 2.05. The molecule has 0 radical (unpaired) electrons. The highest BCUT2D eigenvalue weighted by Crippen LogP contribution is 2.33. The Kier molecular flexibility index (Phi) is 3.15. The molecular formula is C13H15NO3. The number of aromatic nitrogens is 1. The van der Waals surface area contributed by atoms with Crippen molar-refractivity contribution in [1.82, 2.24) is 4.98 Å². The Hall–Kier alpha value is -1.81. The Morgan fingerprint density at radius 2 is 1.82 bits per heavy atom. The van der Waals surface area contributed by atoms with Crippen molar-refractivity contribution in [2.24, 2.45) is 0 Å². The molecule has 1 aromatic carbocycles. The number of aliphatic hydroxyl groups excluding tert-OH is 1. The zero-order chi connectivity index (χ0) is 12.4. The van der Waals surface area contributed by atoms with E-state index in [2.05, 4.69) is 4.98 Å². The summed E-state index contributed by atoms with van der Waals surface area (Å²) in [5.74, 6) is 1.31. The van der Waals surface area contributed by atoms with Crippen LogP contribution in [0.15, 0.2) is 18.3 Å². The number of nitrogens with zero attached hydrogens (tertiary/aromatic N) is 1. The molecule has 2 rings (SSSR count). The molecular weight excluding hydrogens is 218 g/mol. The summed E-state index contributed by atoms with van der Waals surface area (Å²) in [6.45, 7) is 1.84. The molecule has 0 bridgehead atoms. The van der Waals surface area contributed by atoms with Crippen molar-refractivity contribution >= 4 is 10.8 Å². The van der Waals surface area contributed by atoms with Crippen LogP contribution in [-0.2, 0) is 6.61 Å². The number of aliphatic hydroxyl groups is 1. The fourth-order valence-corrected chi connectivity index (χ4v) is 1.90. The van der Waals surface area contributed by atoms with Gasteiger partial charge < -0.3 is 14.6 Å². The summed E-state index contributed by atoms with van der Waals surface area (Å²) < 4.78 is 10.5. The number of benzene rings is 1. The third-order valence-electron chi connectivity index (χ3n) is 2.87. The van der Waals surface area contributed by atoms with Crippen LogP contribution < -0.4 is 9.47 Å². The van der Waals surface area contributed by atoms with Crippen LogP contribution in [0.25, 0.3) is 10.8 Å². The van der Waals surface area contributed by atoms with Gasteiger partial charge in [0.25, 0.3) is 0 Å². The first-order chi connectivity index (χ1) is 8.21. The van der Waals surface area contributed by atoms with Crippen LogP contribution in [0.2, 0.25) is 0 Å². The number of methoxy groups -OCH3 is 2. The predicted molar refractivity (Wildman–Crippen MR) is 65.5 cm³/mol. The number of ether oxygens (including phenoxy) is 2. The van der Waals surface area contributed by atoms with E-state index in [1.165, 1.54) is 0 Å². The Labute approximate surface area is 99.8 Å². The molecule has 90 valence electrons. The molecule has 1 aromatic heterocycles. The lowest BCUT2D eigenvalue weighted by Crippen LogP contribution is -1.96. The van der Waals surface area contributed by atoms with Gasteiger partial charge in [0.1, 0.15) is 0 Å². The van der Waals surface area contributed by atoms with Gasteiger partial charge in [0, 0.05) is 22.8 Å². The zero-order valence-electron chi connectivity index (χ0n) is 10.2. The van der Waals surface area contributed by atoms with Gasteiger partial charge in [-0.3, -0.25) is 4.98 Å². The van der Waals surface area contributed by atoms with E-state index in [1.54, 1.807) is 20.4 Å². The highest BCUT2D eigenvalue weighted by molar-refractivity contribution is 5.88. The number of hydrogen-bond acceptors (Lipinski definition) is 4. The van der Waals surface area contributed by atoms with Crippen molar-refractivity contribution in [2.75, 3.05) is 14.2 Å². The van der Waals surface area contributed by atoms with E-state index < -0.39 is 0 Å². The third-order valence-corrected chi connectivity index (χ3v) is 2.87. The second-order valence-electron chi connectivity index (χ2n) is 3.77. The van der Waals surface area contributed by atoms with Gasteiger partial charge in [0.05, 0.1) is 20.8 Å². The lowest BCUT2D eigenvalue weighted by Gasteiger charge is -2.12. The molecule has 0 saturated heterocycles. The van der Waals surface area contributed by atoms with Crippen molar-refractivity contribution < 1.29 is 14.6 Å². The molecule has 0 spiro atoms. The van der Waals surface area contributed by atoms with E-state index in [9.17, 15) is 5.11 Å². The fraction of sp³-hybridized carbons (Fsp3) is 0.308. The van der Waals surface area contributed by atoms with Crippen molar-refractivity contribution in [3.8, 4) is 11.5 Å². The average Bonchev–Trinajstić information content (AvgIpc) is 2.37. The maximum Gasteiger partial charge on any atom is 0.161 e. The van der Waals surface area contributed by atoms with E-state index in [0.29, 0.717) is 11.5 Å². The van der Waals surface area contributed by atoms with E-state index >= 15 is 0 Å². The molecule has 0 saturated carbocycles. The number of rotatable bonds is 3. The first-order valence-corrected chi connectivity index (χ1v) is 5.32. The molecule has 4 heteroatoms. The molecule has 0 aliphatic rings. The Bertz CT molecular complexity index is 552. The maximum atomic E-state index is 9.39. The minimum absolute atomic E-state index is 0.0361. The summed E-state index contributed by atoms with van der Waals surface area (Å²) in [5.41, 5.74) is 1.65. The van der Waals surface area contributed by atoms with Gasteiger partial charge in [-0.15, -0.1) is 0 Å². The van der Waals surface area contributed by atoms with E-state index in [4.69, 9.17) is 9.47 Å². The molecule has 0 atom stereocenters. The number of fused-ring (bicyclic) bond motifs is 1. The van der Waals surface area contributed by atoms with Gasteiger partial charge in [-0.2, -0.15) is 0 Å². The SMILES string of the molecule is COc1cc2cnc(C)c(CO)c2cc1OC. The summed E-state index contributed by atoms with van der Waals surface area (Å²) >= 11 is 0. The monoisotopic (exact) mass is 233 g/mol. The van der Waals surface area contributed by atoms with Gasteiger partial charge in [-0.05, 0) is 24.4 Å². The zero-order valence-corrected chi connectivity index (χ0v) is 10.2. The summed E-state index contributed by atoms with van der Waals surface area (Å²) in [6, 6.07) is 3.73. The molecule has 0 aliphatic carbocycles. The minimum atomic E-state index is -0.0361. The molecule has 0 amide bonds. The topological polar surface area (TPSA) is 51.6 Å². The Balaban J connectivity index is 2.78. The fourth-order valence-electron chi connectivity index (χ4n) is 1.90. The summed E-state index contributed by atoms with van der Waals surface area (Å²) in [4.78, 5) is 4.25. The van der Waals surface area contributed by atoms with Crippen LogP contribution >= 0.6 is 0 Å². The largest absolute Gasteiger partial charge is 0.493 e. The molecule has 0 aliphatic heterocycles. The molecule has 0 fully saturated rings. The maximum absolute atomic E-state index is 9.39. The van der Waals surface area contributed by atoms with Crippen molar-refractivity contribution in [3.63, 3.8) is 0 Å². The van der Waals surface area contributed by atoms with Gasteiger partial charge in [0.2, 0.25) is 0 Å². The highest BCUT2D eigenvalue weighted by Gasteiger charge is 2.10. The Morgan fingerprint density at radius 1 is 1.18 bits per heavy atom. The van der Waals surface area contributed by atoms with Gasteiger partial charge in [0.15, 0.2) is 11.5 Å². The van der Waals surface area contributed by atoms with E-state index in [1.807, 2.05) is 19.1 Å². The van der Waals surface area contributed by atoms with Crippen molar-refractivity contribution in [3.05, 3.63) is 29.6 Å². The summed E-state index contributed by atoms with van der Waals surface area (Å²) in [6.07, 6.45) is 1.77. The summed E-state index contributed by atoms with van der Waals surface area (Å²) in [7, 11) is 3.19. The quantitative estimate of drug-likeness (QED) is 0.881. The van der Waals surface area contributed by atoms with Gasteiger partial charge in [-0.25, -0.2) is 0 Å². The number of aryl methyl sites for hydroxylation is 1. The standard InChI is InChI=1S/C13H15NO3/c1-8-11(7-15)10-5-13(17-3)12(16-2)4-9(10)6-14-8/h4-6,15H,7H2,1-3H3. The molecule has 2 aromatic rings. The number of hydrogen-bond donors (Lipinski definition) is 1. The minimum Gasteiger partial charge on any atom is -0.493 e. The lowest BCUT2D eigenvalue weighted by atomic mass is 10.0. The van der Waals surface area contributed by atoms with Crippen LogP contribution in [0.5, 0.6) is 11.5 Å². The van der Waals surface area contributed by atoms with E-state index in [0.717, 1.165) is 22.0 Å². The molecule has 17 heavy (non-hydrogen) atoms. The molecule has 1 N–H and O–H groups in total. The van der Waals surface area contributed by atoms with E-state index in [-0.39, 0.29) is 6.61 Å². The second kappa shape index (κ2) is 4.59. The van der Waals surface area contributed by atoms with Crippen LogP contribution in [-0.4, -0.2) is 24.3 Å². The first kappa shape index (κ1) is 11.7. The lowest BCUT2D eigenvalue weighted by molar-refractivity contribution is 0.282. The van der Waals surface area contributed by atoms with Crippen molar-refractivity contribution in [1.29, 1.82) is 0 Å². The third kappa shape index (κ3) is 1.91. The van der Waals surface area contributed by atoms with Gasteiger partial charge >= 0.3 is 0 Å². The van der Waals surface area contributed by atoms with Crippen LogP contribution in [0.3, 0.4) is 0 Å². The second-order valence-corrected chi connectivity index (χ2v) is 3.77.